The molecule has 0 radical (unpaired) electrons. The Kier molecular flexibility index (Phi) is 6.09. The van der Waals surface area contributed by atoms with Gasteiger partial charge in [-0.25, -0.2) is 0 Å². The van der Waals surface area contributed by atoms with Crippen molar-refractivity contribution in [3.8, 4) is 0 Å². The van der Waals surface area contributed by atoms with Crippen LogP contribution in [0.1, 0.15) is 30.5 Å². The molecule has 4 heteroatoms. The maximum absolute atomic E-state index is 6.15. The highest BCUT2D eigenvalue weighted by molar-refractivity contribution is 9.10. The molecule has 0 bridgehead atoms. The second-order valence-corrected chi connectivity index (χ2v) is 6.81. The van der Waals surface area contributed by atoms with Crippen molar-refractivity contribution >= 4 is 43.5 Å². The lowest BCUT2D eigenvalue weighted by molar-refractivity contribution is 0.597. The summed E-state index contributed by atoms with van der Waals surface area (Å²) in [6.45, 7) is 3.12. The van der Waals surface area contributed by atoms with Gasteiger partial charge in [-0.05, 0) is 54.4 Å². The van der Waals surface area contributed by atoms with Crippen LogP contribution in [0.3, 0.4) is 0 Å². The van der Waals surface area contributed by atoms with Crippen LogP contribution in [0.4, 0.5) is 0 Å². The van der Waals surface area contributed by atoms with E-state index in [4.69, 9.17) is 11.6 Å². The largest absolute Gasteiger partial charge is 0.306 e. The predicted octanol–water partition coefficient (Wildman–Crippen LogP) is 5.95. The Hall–Kier alpha value is -0.350. The van der Waals surface area contributed by atoms with E-state index in [1.54, 1.807) is 0 Å². The van der Waals surface area contributed by atoms with Gasteiger partial charge in [0.1, 0.15) is 0 Å². The Morgan fingerprint density at radius 3 is 2.45 bits per heavy atom. The van der Waals surface area contributed by atoms with Gasteiger partial charge in [0.2, 0.25) is 0 Å². The number of benzene rings is 2. The predicted molar refractivity (Wildman–Crippen MR) is 93.4 cm³/mol. The van der Waals surface area contributed by atoms with Crippen LogP contribution < -0.4 is 5.32 Å². The van der Waals surface area contributed by atoms with Gasteiger partial charge in [0, 0.05) is 14.0 Å². The molecule has 0 saturated heterocycles. The highest BCUT2D eigenvalue weighted by atomic mass is 79.9. The molecular formula is C16H16Br2ClN. The topological polar surface area (TPSA) is 12.0 Å². The molecule has 1 nitrogen and oxygen atoms in total. The molecule has 1 N–H and O–H groups in total. The van der Waals surface area contributed by atoms with Crippen molar-refractivity contribution in [1.82, 2.24) is 5.32 Å². The molecule has 2 aromatic carbocycles. The van der Waals surface area contributed by atoms with E-state index in [-0.39, 0.29) is 6.04 Å². The van der Waals surface area contributed by atoms with Gasteiger partial charge in [0.15, 0.2) is 0 Å². The first-order valence-corrected chi connectivity index (χ1v) is 8.52. The summed E-state index contributed by atoms with van der Waals surface area (Å²) < 4.78 is 2.15. The fraction of sp³-hybridized carbons (Fsp3) is 0.250. The van der Waals surface area contributed by atoms with Gasteiger partial charge >= 0.3 is 0 Å². The molecule has 0 heterocycles. The summed E-state index contributed by atoms with van der Waals surface area (Å²) in [6, 6.07) is 14.4. The smallest absolute Gasteiger partial charge is 0.0588 e. The zero-order valence-corrected chi connectivity index (χ0v) is 15.1. The first-order chi connectivity index (χ1) is 9.61. The summed E-state index contributed by atoms with van der Waals surface area (Å²) in [5.74, 6) is 0. The van der Waals surface area contributed by atoms with Crippen LogP contribution in [0.2, 0.25) is 5.02 Å². The van der Waals surface area contributed by atoms with Crippen LogP contribution >= 0.6 is 43.5 Å². The minimum atomic E-state index is 0.135. The van der Waals surface area contributed by atoms with Gasteiger partial charge in [-0.3, -0.25) is 0 Å². The summed E-state index contributed by atoms with van der Waals surface area (Å²) >= 11 is 13.3. The van der Waals surface area contributed by atoms with E-state index in [0.29, 0.717) is 0 Å². The van der Waals surface area contributed by atoms with E-state index >= 15 is 0 Å². The monoisotopic (exact) mass is 415 g/mol. The molecule has 0 amide bonds. The Morgan fingerprint density at radius 2 is 1.80 bits per heavy atom. The first-order valence-electron chi connectivity index (χ1n) is 6.55. The minimum Gasteiger partial charge on any atom is -0.306 e. The molecule has 0 spiro atoms. The van der Waals surface area contributed by atoms with Gasteiger partial charge in [-0.2, -0.15) is 0 Å². The van der Waals surface area contributed by atoms with Crippen molar-refractivity contribution in [1.29, 1.82) is 0 Å². The van der Waals surface area contributed by atoms with E-state index in [9.17, 15) is 0 Å². The third-order valence-corrected chi connectivity index (χ3v) is 4.56. The Morgan fingerprint density at radius 1 is 1.10 bits per heavy atom. The normalized spacial score (nSPS) is 12.4. The molecule has 20 heavy (non-hydrogen) atoms. The standard InChI is InChI=1S/C16H16Br2ClN/c1-2-9-20-16(11-3-5-12(17)6-4-11)14-10-13(19)7-8-15(14)18/h3-8,10,16,20H,2,9H2,1H3. The van der Waals surface area contributed by atoms with E-state index in [2.05, 4.69) is 68.4 Å². The van der Waals surface area contributed by atoms with Gasteiger partial charge in [0.25, 0.3) is 0 Å². The Labute approximate surface area is 142 Å². The van der Waals surface area contributed by atoms with Gasteiger partial charge in [-0.1, -0.05) is 62.5 Å². The lowest BCUT2D eigenvalue weighted by Gasteiger charge is -2.21. The molecular weight excluding hydrogens is 401 g/mol. The van der Waals surface area contributed by atoms with E-state index in [1.807, 2.05) is 18.2 Å². The fourth-order valence-electron chi connectivity index (χ4n) is 2.09. The molecule has 0 saturated carbocycles. The van der Waals surface area contributed by atoms with Crippen molar-refractivity contribution in [3.05, 3.63) is 67.6 Å². The zero-order chi connectivity index (χ0) is 14.5. The van der Waals surface area contributed by atoms with Crippen LogP contribution in [-0.2, 0) is 0 Å². The van der Waals surface area contributed by atoms with Crippen molar-refractivity contribution in [2.24, 2.45) is 0 Å². The molecule has 0 aliphatic rings. The number of nitrogens with one attached hydrogen (secondary N) is 1. The van der Waals surface area contributed by atoms with Gasteiger partial charge in [-0.15, -0.1) is 0 Å². The first kappa shape index (κ1) is 16.0. The van der Waals surface area contributed by atoms with Crippen LogP contribution in [0.25, 0.3) is 0 Å². The van der Waals surface area contributed by atoms with Crippen LogP contribution in [-0.4, -0.2) is 6.54 Å². The van der Waals surface area contributed by atoms with Crippen molar-refractivity contribution in [2.45, 2.75) is 19.4 Å². The van der Waals surface area contributed by atoms with Crippen LogP contribution in [0.15, 0.2) is 51.4 Å². The maximum Gasteiger partial charge on any atom is 0.0588 e. The molecule has 0 fully saturated rings. The number of halogens is 3. The zero-order valence-electron chi connectivity index (χ0n) is 11.2. The minimum absolute atomic E-state index is 0.135. The van der Waals surface area contributed by atoms with Crippen molar-refractivity contribution in [3.63, 3.8) is 0 Å². The molecule has 1 unspecified atom stereocenters. The third-order valence-electron chi connectivity index (χ3n) is 3.07. The molecule has 0 aliphatic carbocycles. The van der Waals surface area contributed by atoms with E-state index < -0.39 is 0 Å². The average molecular weight is 418 g/mol. The quantitative estimate of drug-likeness (QED) is 0.633. The summed E-state index contributed by atoms with van der Waals surface area (Å²) in [4.78, 5) is 0. The second kappa shape index (κ2) is 7.60. The SMILES string of the molecule is CCCNC(c1ccc(Br)cc1)c1cc(Cl)ccc1Br. The molecule has 2 rings (SSSR count). The third kappa shape index (κ3) is 4.08. The van der Waals surface area contributed by atoms with E-state index in [0.717, 1.165) is 32.5 Å². The summed E-state index contributed by atoms with van der Waals surface area (Å²) in [5, 5.41) is 4.34. The lowest BCUT2D eigenvalue weighted by Crippen LogP contribution is -2.23. The van der Waals surface area contributed by atoms with Gasteiger partial charge in [0.05, 0.1) is 6.04 Å². The molecule has 0 aliphatic heterocycles. The summed E-state index contributed by atoms with van der Waals surface area (Å²) in [7, 11) is 0. The average Bonchev–Trinajstić information content (AvgIpc) is 2.44. The molecule has 2 aromatic rings. The summed E-state index contributed by atoms with van der Waals surface area (Å²) in [6.07, 6.45) is 1.09. The highest BCUT2D eigenvalue weighted by Crippen LogP contribution is 2.31. The van der Waals surface area contributed by atoms with E-state index in [1.165, 1.54) is 5.56 Å². The Bertz CT molecular complexity index is 569. The van der Waals surface area contributed by atoms with Crippen molar-refractivity contribution < 1.29 is 0 Å². The second-order valence-electron chi connectivity index (χ2n) is 4.60. The molecule has 0 aromatic heterocycles. The van der Waals surface area contributed by atoms with Crippen LogP contribution in [0, 0.1) is 0 Å². The fourth-order valence-corrected chi connectivity index (χ4v) is 3.01. The Balaban J connectivity index is 2.41. The lowest BCUT2D eigenvalue weighted by atomic mass is 9.98. The molecule has 106 valence electrons. The number of hydrogen-bond acceptors (Lipinski definition) is 1. The number of rotatable bonds is 5. The van der Waals surface area contributed by atoms with Crippen LogP contribution in [0.5, 0.6) is 0 Å². The summed E-state index contributed by atoms with van der Waals surface area (Å²) in [5.41, 5.74) is 2.39. The van der Waals surface area contributed by atoms with Gasteiger partial charge < -0.3 is 5.32 Å². The maximum atomic E-state index is 6.15. The highest BCUT2D eigenvalue weighted by Gasteiger charge is 2.16. The number of hydrogen-bond donors (Lipinski definition) is 1. The molecule has 1 atom stereocenters. The van der Waals surface area contributed by atoms with Crippen molar-refractivity contribution in [2.75, 3.05) is 6.54 Å².